The number of hydrogen-bond acceptors (Lipinski definition) is 4. The van der Waals surface area contributed by atoms with E-state index in [0.29, 0.717) is 26.5 Å². The maximum Gasteiger partial charge on any atom is 0.417 e. The van der Waals surface area contributed by atoms with Crippen LogP contribution in [0.3, 0.4) is 0 Å². The zero-order valence-electron chi connectivity index (χ0n) is 24.3. The fraction of sp³-hybridized carbons (Fsp3) is 0.333. The summed E-state index contributed by atoms with van der Waals surface area (Å²) in [6, 6.07) is 14.8. The van der Waals surface area contributed by atoms with E-state index in [1.54, 1.807) is 63.2 Å². The molecule has 0 fully saturated rings. The zero-order valence-corrected chi connectivity index (χ0v) is 27.3. The van der Waals surface area contributed by atoms with Gasteiger partial charge in [0, 0.05) is 28.5 Å². The molecule has 0 aliphatic rings. The molecule has 0 bridgehead atoms. The fourth-order valence-corrected chi connectivity index (χ4v) is 5.87. The lowest BCUT2D eigenvalue weighted by atomic mass is 10.0. The Bertz CT molecular complexity index is 1620. The van der Waals surface area contributed by atoms with Crippen LogP contribution in [0.4, 0.5) is 18.9 Å². The van der Waals surface area contributed by atoms with E-state index in [1.165, 1.54) is 11.0 Å². The first-order valence-corrected chi connectivity index (χ1v) is 16.2. The number of hydrogen-bond donors (Lipinski definition) is 1. The molecular formula is C30H31Cl3F3N3O4S. The number of halogens is 6. The molecule has 0 aromatic heterocycles. The van der Waals surface area contributed by atoms with Crippen LogP contribution in [0.25, 0.3) is 0 Å². The Morgan fingerprint density at radius 1 is 0.909 bits per heavy atom. The second-order valence-electron chi connectivity index (χ2n) is 11.1. The van der Waals surface area contributed by atoms with Crippen molar-refractivity contribution in [1.82, 2.24) is 10.2 Å². The van der Waals surface area contributed by atoms with Crippen LogP contribution in [-0.4, -0.2) is 49.5 Å². The van der Waals surface area contributed by atoms with Crippen molar-refractivity contribution in [2.75, 3.05) is 17.1 Å². The molecule has 2 amide bonds. The van der Waals surface area contributed by atoms with E-state index in [1.807, 2.05) is 0 Å². The second kappa shape index (κ2) is 14.0. The quantitative estimate of drug-likeness (QED) is 0.248. The highest BCUT2D eigenvalue weighted by Gasteiger charge is 2.37. The first-order chi connectivity index (χ1) is 20.3. The summed E-state index contributed by atoms with van der Waals surface area (Å²) in [7, 11) is -4.31. The van der Waals surface area contributed by atoms with Gasteiger partial charge in [-0.05, 0) is 62.2 Å². The van der Waals surface area contributed by atoms with Gasteiger partial charge in [0.2, 0.25) is 21.8 Å². The predicted octanol–water partition coefficient (Wildman–Crippen LogP) is 6.99. The monoisotopic (exact) mass is 691 g/mol. The van der Waals surface area contributed by atoms with Gasteiger partial charge in [0.1, 0.15) is 12.6 Å². The van der Waals surface area contributed by atoms with Gasteiger partial charge in [0.05, 0.1) is 22.5 Å². The normalized spacial score (nSPS) is 12.9. The summed E-state index contributed by atoms with van der Waals surface area (Å²) in [6.07, 6.45) is -4.09. The highest BCUT2D eigenvalue weighted by Crippen LogP contribution is 2.37. The number of benzene rings is 3. The second-order valence-corrected chi connectivity index (χ2v) is 14.3. The molecule has 3 aromatic carbocycles. The standard InChI is InChI=1S/C30H31Cl3F3N3O4S/c1-29(2,3)37-28(41)26(14-19-8-6-5-7-9-19)38(17-20-10-11-21(31)15-25(20)33)27(40)18-39(44(4,42)43)22-12-13-24(32)23(16-22)30(34,35)36/h5-13,15-16,26H,14,17-18H2,1-4H3,(H,37,41). The summed E-state index contributed by atoms with van der Waals surface area (Å²) in [5.74, 6) is -1.40. The van der Waals surface area contributed by atoms with Crippen LogP contribution < -0.4 is 9.62 Å². The Labute approximate surface area is 269 Å². The van der Waals surface area contributed by atoms with Crippen molar-refractivity contribution in [2.24, 2.45) is 0 Å². The molecule has 14 heteroatoms. The maximum absolute atomic E-state index is 14.1. The van der Waals surface area contributed by atoms with Crippen LogP contribution in [0.5, 0.6) is 0 Å². The number of rotatable bonds is 10. The minimum Gasteiger partial charge on any atom is -0.350 e. The van der Waals surface area contributed by atoms with Crippen molar-refractivity contribution < 1.29 is 31.2 Å². The van der Waals surface area contributed by atoms with E-state index >= 15 is 0 Å². The van der Waals surface area contributed by atoms with Crippen LogP contribution >= 0.6 is 34.8 Å². The van der Waals surface area contributed by atoms with Gasteiger partial charge in [-0.3, -0.25) is 13.9 Å². The van der Waals surface area contributed by atoms with E-state index < -0.39 is 62.4 Å². The van der Waals surface area contributed by atoms with Gasteiger partial charge in [0.15, 0.2) is 0 Å². The van der Waals surface area contributed by atoms with Crippen LogP contribution in [0, 0.1) is 0 Å². The van der Waals surface area contributed by atoms with Crippen LogP contribution in [-0.2, 0) is 38.8 Å². The third kappa shape index (κ3) is 9.76. The minimum atomic E-state index is -4.89. The topological polar surface area (TPSA) is 86.8 Å². The third-order valence-corrected chi connectivity index (χ3v) is 8.40. The highest BCUT2D eigenvalue weighted by molar-refractivity contribution is 7.92. The van der Waals surface area contributed by atoms with E-state index in [-0.39, 0.29) is 18.0 Å². The third-order valence-electron chi connectivity index (χ3n) is 6.35. The molecule has 0 saturated heterocycles. The molecule has 0 heterocycles. The van der Waals surface area contributed by atoms with Gasteiger partial charge in [0.25, 0.3) is 0 Å². The van der Waals surface area contributed by atoms with E-state index in [2.05, 4.69) is 5.32 Å². The van der Waals surface area contributed by atoms with Gasteiger partial charge in [-0.2, -0.15) is 13.2 Å². The number of carbonyl (C=O) groups is 2. The number of anilines is 1. The molecule has 44 heavy (non-hydrogen) atoms. The Morgan fingerprint density at radius 3 is 2.09 bits per heavy atom. The SMILES string of the molecule is CC(C)(C)NC(=O)C(Cc1ccccc1)N(Cc1ccc(Cl)cc1Cl)C(=O)CN(c1ccc(Cl)c(C(F)(F)F)c1)S(C)(=O)=O. The Balaban J connectivity index is 2.15. The summed E-state index contributed by atoms with van der Waals surface area (Å²) >= 11 is 18.2. The number of carbonyl (C=O) groups excluding carboxylic acids is 2. The first-order valence-electron chi connectivity index (χ1n) is 13.2. The molecule has 1 N–H and O–H groups in total. The summed E-state index contributed by atoms with van der Waals surface area (Å²) in [4.78, 5) is 29.1. The molecule has 0 radical (unpaired) electrons. The van der Waals surface area contributed by atoms with Crippen LogP contribution in [0.15, 0.2) is 66.7 Å². The molecule has 3 aromatic rings. The van der Waals surface area contributed by atoms with E-state index in [0.717, 1.165) is 18.4 Å². The summed E-state index contributed by atoms with van der Waals surface area (Å²) in [5, 5.41) is 2.75. The molecule has 1 atom stereocenters. The minimum absolute atomic E-state index is 0.0394. The average Bonchev–Trinajstić information content (AvgIpc) is 2.89. The van der Waals surface area contributed by atoms with Crippen molar-refractivity contribution in [3.63, 3.8) is 0 Å². The first kappa shape index (κ1) is 35.5. The van der Waals surface area contributed by atoms with Gasteiger partial charge in [-0.25, -0.2) is 8.42 Å². The molecule has 0 saturated carbocycles. The number of sulfonamides is 1. The number of alkyl halides is 3. The molecule has 3 rings (SSSR count). The van der Waals surface area contributed by atoms with Crippen molar-refractivity contribution in [1.29, 1.82) is 0 Å². The van der Waals surface area contributed by atoms with Crippen molar-refractivity contribution in [3.8, 4) is 0 Å². The Morgan fingerprint density at radius 2 is 1.55 bits per heavy atom. The number of amides is 2. The molecular weight excluding hydrogens is 662 g/mol. The van der Waals surface area contributed by atoms with Crippen LogP contribution in [0.1, 0.15) is 37.5 Å². The number of nitrogens with one attached hydrogen (secondary N) is 1. The molecule has 0 aliphatic carbocycles. The fourth-order valence-electron chi connectivity index (χ4n) is 4.34. The van der Waals surface area contributed by atoms with E-state index in [4.69, 9.17) is 34.8 Å². The lowest BCUT2D eigenvalue weighted by molar-refractivity contribution is -0.140. The van der Waals surface area contributed by atoms with Gasteiger partial charge in [-0.15, -0.1) is 0 Å². The number of nitrogens with zero attached hydrogens (tertiary/aromatic N) is 2. The average molecular weight is 693 g/mol. The molecule has 1 unspecified atom stereocenters. The molecule has 0 spiro atoms. The summed E-state index contributed by atoms with van der Waals surface area (Å²) in [6.45, 7) is 4.12. The van der Waals surface area contributed by atoms with Crippen molar-refractivity contribution >= 4 is 62.3 Å². The Kier molecular flexibility index (Phi) is 11.3. The molecule has 238 valence electrons. The molecule has 7 nitrogen and oxygen atoms in total. The van der Waals surface area contributed by atoms with Gasteiger partial charge in [-0.1, -0.05) is 71.2 Å². The maximum atomic E-state index is 14.1. The van der Waals surface area contributed by atoms with Crippen molar-refractivity contribution in [3.05, 3.63) is 98.5 Å². The summed E-state index contributed by atoms with van der Waals surface area (Å²) < 4.78 is 67.2. The van der Waals surface area contributed by atoms with Gasteiger partial charge >= 0.3 is 6.18 Å². The van der Waals surface area contributed by atoms with Crippen molar-refractivity contribution in [2.45, 2.75) is 51.5 Å². The highest BCUT2D eigenvalue weighted by atomic mass is 35.5. The Hall–Kier alpha value is -2.99. The predicted molar refractivity (Wildman–Crippen MR) is 167 cm³/mol. The van der Waals surface area contributed by atoms with Crippen LogP contribution in [0.2, 0.25) is 15.1 Å². The largest absolute Gasteiger partial charge is 0.417 e. The zero-order chi connectivity index (χ0) is 33.0. The lowest BCUT2D eigenvalue weighted by Crippen LogP contribution is -2.56. The molecule has 0 aliphatic heterocycles. The smallest absolute Gasteiger partial charge is 0.350 e. The van der Waals surface area contributed by atoms with Gasteiger partial charge < -0.3 is 10.2 Å². The van der Waals surface area contributed by atoms with E-state index in [9.17, 15) is 31.2 Å². The summed E-state index contributed by atoms with van der Waals surface area (Å²) in [5.41, 5.74) is -1.29. The lowest BCUT2D eigenvalue weighted by Gasteiger charge is -2.35.